The molecule has 42 heavy (non-hydrogen) atoms. The first-order valence-corrected chi connectivity index (χ1v) is 13.9. The molecule has 3 aromatic carbocycles. The van der Waals surface area contributed by atoms with Gasteiger partial charge in [0.1, 0.15) is 0 Å². The highest BCUT2D eigenvalue weighted by Gasteiger charge is 2.39. The summed E-state index contributed by atoms with van der Waals surface area (Å²) in [5.41, 5.74) is -2.94. The Bertz CT molecular complexity index is 1370. The summed E-state index contributed by atoms with van der Waals surface area (Å²) in [6.07, 6.45) is -9.27. The topological polar surface area (TPSA) is 52.6 Å². The number of aliphatic hydroxyl groups is 1. The van der Waals surface area contributed by atoms with Gasteiger partial charge in [-0.15, -0.1) is 0 Å². The summed E-state index contributed by atoms with van der Waals surface area (Å²) >= 11 is 12.4. The number of hydrogen-bond donors (Lipinski definition) is 2. The van der Waals surface area contributed by atoms with E-state index in [1.165, 1.54) is 6.92 Å². The monoisotopic (exact) mass is 632 g/mol. The molecule has 1 saturated heterocycles. The van der Waals surface area contributed by atoms with Crippen LogP contribution in [0.1, 0.15) is 59.5 Å². The third-order valence-electron chi connectivity index (χ3n) is 7.68. The van der Waals surface area contributed by atoms with Crippen molar-refractivity contribution in [3.8, 4) is 0 Å². The average molecular weight is 633 g/mol. The van der Waals surface area contributed by atoms with E-state index in [1.807, 2.05) is 35.2 Å². The van der Waals surface area contributed by atoms with E-state index in [9.17, 15) is 36.2 Å². The number of carbonyl (C=O) groups excluding carboxylic acids is 1. The van der Waals surface area contributed by atoms with Crippen LogP contribution in [0.4, 0.5) is 26.3 Å². The zero-order valence-corrected chi connectivity index (χ0v) is 23.9. The molecule has 226 valence electrons. The lowest BCUT2D eigenvalue weighted by molar-refractivity contribution is -0.143. The highest BCUT2D eigenvalue weighted by atomic mass is 35.5. The van der Waals surface area contributed by atoms with E-state index in [0.717, 1.165) is 5.56 Å². The molecule has 0 bridgehead atoms. The second-order valence-electron chi connectivity index (χ2n) is 10.4. The van der Waals surface area contributed by atoms with Gasteiger partial charge in [-0.1, -0.05) is 59.6 Å². The molecular weight excluding hydrogens is 605 g/mol. The molecule has 0 radical (unpaired) electrons. The summed E-state index contributed by atoms with van der Waals surface area (Å²) in [6, 6.07) is 14.9. The van der Waals surface area contributed by atoms with Gasteiger partial charge in [0, 0.05) is 19.6 Å². The van der Waals surface area contributed by atoms with Crippen LogP contribution in [0.2, 0.25) is 10.0 Å². The molecule has 2 unspecified atom stereocenters. The number of benzene rings is 3. The Labute approximate surface area is 249 Å². The molecule has 12 heteroatoms. The smallest absolute Gasteiger partial charge is 0.385 e. The summed E-state index contributed by atoms with van der Waals surface area (Å²) in [5.74, 6) is -2.06. The number of piperidine rings is 1. The quantitative estimate of drug-likeness (QED) is 0.260. The SMILES string of the molecule is CC(C(=O)NCC(c1ccc(Cl)c(Cl)c1)N1CCC(O)(c2ccccc2)CC1)c1cc(C(F)(F)F)cc(C(F)(F)F)c1. The maximum atomic E-state index is 13.4. The number of amides is 1. The van der Waals surface area contributed by atoms with E-state index in [2.05, 4.69) is 5.32 Å². The van der Waals surface area contributed by atoms with Crippen LogP contribution in [-0.4, -0.2) is 35.5 Å². The highest BCUT2D eigenvalue weighted by Crippen LogP contribution is 2.39. The lowest BCUT2D eigenvalue weighted by Gasteiger charge is -2.42. The molecule has 2 N–H and O–H groups in total. The van der Waals surface area contributed by atoms with Crippen molar-refractivity contribution >= 4 is 29.1 Å². The molecule has 1 amide bonds. The lowest BCUT2D eigenvalue weighted by Crippen LogP contribution is -2.47. The Kier molecular flexibility index (Phi) is 9.52. The lowest BCUT2D eigenvalue weighted by atomic mass is 9.83. The Morgan fingerprint density at radius 1 is 0.881 bits per heavy atom. The molecule has 2 atom stereocenters. The molecule has 0 spiro atoms. The molecule has 1 aliphatic rings. The third-order valence-corrected chi connectivity index (χ3v) is 8.42. The number of halogens is 8. The molecule has 4 rings (SSSR count). The minimum Gasteiger partial charge on any atom is -0.385 e. The van der Waals surface area contributed by atoms with E-state index >= 15 is 0 Å². The van der Waals surface area contributed by atoms with E-state index < -0.39 is 52.5 Å². The number of hydrogen-bond acceptors (Lipinski definition) is 3. The van der Waals surface area contributed by atoms with Crippen molar-refractivity contribution in [2.75, 3.05) is 19.6 Å². The number of alkyl halides is 6. The normalized spacial score (nSPS) is 17.5. The largest absolute Gasteiger partial charge is 0.416 e. The second-order valence-corrected chi connectivity index (χ2v) is 11.2. The zero-order chi connectivity index (χ0) is 30.9. The first-order chi connectivity index (χ1) is 19.6. The van der Waals surface area contributed by atoms with Crippen LogP contribution in [-0.2, 0) is 22.7 Å². The summed E-state index contributed by atoms with van der Waals surface area (Å²) in [6.45, 7) is 2.10. The molecule has 0 aliphatic carbocycles. The van der Waals surface area contributed by atoms with Gasteiger partial charge in [-0.3, -0.25) is 9.69 Å². The number of carbonyl (C=O) groups is 1. The van der Waals surface area contributed by atoms with Crippen molar-refractivity contribution < 1.29 is 36.2 Å². The average Bonchev–Trinajstić information content (AvgIpc) is 2.94. The van der Waals surface area contributed by atoms with Crippen molar-refractivity contribution in [3.05, 3.63) is 105 Å². The Hall–Kier alpha value is -2.79. The maximum absolute atomic E-state index is 13.4. The van der Waals surface area contributed by atoms with Crippen molar-refractivity contribution in [2.45, 2.75) is 49.7 Å². The molecule has 0 saturated carbocycles. The molecule has 0 aromatic heterocycles. The van der Waals surface area contributed by atoms with Crippen molar-refractivity contribution in [2.24, 2.45) is 0 Å². The van der Waals surface area contributed by atoms with Crippen LogP contribution in [0.15, 0.2) is 66.7 Å². The Morgan fingerprint density at radius 2 is 1.45 bits per heavy atom. The maximum Gasteiger partial charge on any atom is 0.416 e. The number of likely N-dealkylation sites (tertiary alicyclic amines) is 1. The van der Waals surface area contributed by atoms with Gasteiger partial charge in [0.15, 0.2) is 0 Å². The van der Waals surface area contributed by atoms with Gasteiger partial charge in [-0.2, -0.15) is 26.3 Å². The fourth-order valence-corrected chi connectivity index (χ4v) is 5.46. The second kappa shape index (κ2) is 12.4. The summed E-state index contributed by atoms with van der Waals surface area (Å²) in [7, 11) is 0. The summed E-state index contributed by atoms with van der Waals surface area (Å²) in [5, 5.41) is 14.6. The van der Waals surface area contributed by atoms with Gasteiger partial charge in [0.25, 0.3) is 0 Å². The van der Waals surface area contributed by atoms with Crippen LogP contribution in [0, 0.1) is 0 Å². The summed E-state index contributed by atoms with van der Waals surface area (Å²) in [4.78, 5) is 15.1. The molecule has 3 aromatic rings. The fourth-order valence-electron chi connectivity index (χ4n) is 5.15. The van der Waals surface area contributed by atoms with E-state index in [-0.39, 0.29) is 17.6 Å². The molecule has 1 aliphatic heterocycles. The van der Waals surface area contributed by atoms with Gasteiger partial charge in [0.2, 0.25) is 5.91 Å². The predicted octanol–water partition coefficient (Wildman–Crippen LogP) is 7.98. The van der Waals surface area contributed by atoms with Gasteiger partial charge < -0.3 is 10.4 Å². The number of rotatable bonds is 7. The van der Waals surface area contributed by atoms with E-state index in [0.29, 0.717) is 48.6 Å². The highest BCUT2D eigenvalue weighted by molar-refractivity contribution is 6.42. The minimum absolute atomic E-state index is 0.0179. The number of nitrogens with one attached hydrogen (secondary N) is 1. The molecule has 1 heterocycles. The van der Waals surface area contributed by atoms with Crippen LogP contribution >= 0.6 is 23.2 Å². The first kappa shape index (κ1) is 32.1. The van der Waals surface area contributed by atoms with Gasteiger partial charge in [0.05, 0.1) is 38.7 Å². The molecular formula is C30H28Cl2F6N2O2. The fraction of sp³-hybridized carbons (Fsp3) is 0.367. The van der Waals surface area contributed by atoms with E-state index in [4.69, 9.17) is 23.2 Å². The van der Waals surface area contributed by atoms with Crippen molar-refractivity contribution in [3.63, 3.8) is 0 Å². The zero-order valence-electron chi connectivity index (χ0n) is 22.4. The molecule has 1 fully saturated rings. The first-order valence-electron chi connectivity index (χ1n) is 13.1. The van der Waals surface area contributed by atoms with Gasteiger partial charge in [-0.05, 0) is 66.8 Å². The van der Waals surface area contributed by atoms with Crippen molar-refractivity contribution in [1.82, 2.24) is 10.2 Å². The molecule has 4 nitrogen and oxygen atoms in total. The van der Waals surface area contributed by atoms with Crippen LogP contribution in [0.25, 0.3) is 0 Å². The van der Waals surface area contributed by atoms with Crippen LogP contribution in [0.3, 0.4) is 0 Å². The van der Waals surface area contributed by atoms with E-state index in [1.54, 1.807) is 18.2 Å². The minimum atomic E-state index is -5.03. The van der Waals surface area contributed by atoms with Crippen LogP contribution < -0.4 is 5.32 Å². The van der Waals surface area contributed by atoms with Gasteiger partial charge >= 0.3 is 12.4 Å². The standard InChI is InChI=1S/C30H28Cl2F6N2O2/c1-18(20-13-22(29(33,34)35)16-23(14-20)30(36,37)38)27(41)39-17-26(19-7-8-24(31)25(32)15-19)40-11-9-28(42,10-12-40)21-5-3-2-4-6-21/h2-8,13-16,18,26,42H,9-12,17H2,1H3,(H,39,41). The van der Waals surface area contributed by atoms with Crippen molar-refractivity contribution in [1.29, 1.82) is 0 Å². The number of nitrogens with zero attached hydrogens (tertiary/aromatic N) is 1. The summed E-state index contributed by atoms with van der Waals surface area (Å²) < 4.78 is 80.2. The predicted molar refractivity (Wildman–Crippen MR) is 148 cm³/mol. The van der Waals surface area contributed by atoms with Crippen LogP contribution in [0.5, 0.6) is 0 Å². The Morgan fingerprint density at radius 3 is 1.98 bits per heavy atom. The third kappa shape index (κ3) is 7.40. The Balaban J connectivity index is 1.55. The van der Waals surface area contributed by atoms with Gasteiger partial charge in [-0.25, -0.2) is 0 Å².